The number of carbonyl (C=O) groups excluding carboxylic acids is 2. The lowest BCUT2D eigenvalue weighted by Crippen LogP contribution is -2.56. The van der Waals surface area contributed by atoms with Crippen molar-refractivity contribution in [3.05, 3.63) is 23.8 Å². The maximum Gasteiger partial charge on any atom is 0.349 e. The minimum Gasteiger partial charge on any atom is -0.497 e. The molecule has 9 heteroatoms. The predicted octanol–water partition coefficient (Wildman–Crippen LogP) is 1.82. The topological polar surface area (TPSA) is 77.9 Å². The Balaban J connectivity index is 1.57. The number of carbonyl (C=O) groups is 2. The van der Waals surface area contributed by atoms with E-state index in [9.17, 15) is 9.59 Å². The Bertz CT molecular complexity index is 865. The number of rotatable bonds is 6. The summed E-state index contributed by atoms with van der Waals surface area (Å²) in [6, 6.07) is 5.19. The molecule has 3 aliphatic heterocycles. The van der Waals surface area contributed by atoms with Gasteiger partial charge in [-0.05, 0) is 31.7 Å². The first-order chi connectivity index (χ1) is 15.0. The second kappa shape index (κ2) is 9.23. The van der Waals surface area contributed by atoms with Crippen molar-refractivity contribution in [3.8, 4) is 11.5 Å². The standard InChI is InChI=1S/C22H31N5O4/c1-4-5-20(25-11-9-24(2)10-12-25)27-21(28)15-26(22(27)29)23-18-8-13-31-19-7-6-16(30-3)14-17(18)19/h6-7,14,20H,4-5,8-13,15H2,1-3H3/b23-18+. The fourth-order valence-corrected chi connectivity index (χ4v) is 4.36. The van der Waals surface area contributed by atoms with E-state index in [1.807, 2.05) is 18.2 Å². The summed E-state index contributed by atoms with van der Waals surface area (Å²) < 4.78 is 11.0. The van der Waals surface area contributed by atoms with E-state index in [0.29, 0.717) is 24.5 Å². The molecule has 1 atom stereocenters. The van der Waals surface area contributed by atoms with Crippen molar-refractivity contribution >= 4 is 17.6 Å². The number of benzene rings is 1. The van der Waals surface area contributed by atoms with E-state index >= 15 is 0 Å². The molecule has 3 aliphatic rings. The molecular weight excluding hydrogens is 398 g/mol. The van der Waals surface area contributed by atoms with Crippen molar-refractivity contribution in [2.24, 2.45) is 5.10 Å². The summed E-state index contributed by atoms with van der Waals surface area (Å²) in [6.07, 6.45) is 2.01. The highest BCUT2D eigenvalue weighted by Gasteiger charge is 2.43. The number of methoxy groups -OCH3 is 1. The first-order valence-corrected chi connectivity index (χ1v) is 11.0. The van der Waals surface area contributed by atoms with Crippen LogP contribution in [0.1, 0.15) is 31.7 Å². The van der Waals surface area contributed by atoms with Crippen LogP contribution >= 0.6 is 0 Å². The third-order valence-electron chi connectivity index (χ3n) is 6.12. The monoisotopic (exact) mass is 429 g/mol. The zero-order chi connectivity index (χ0) is 22.0. The van der Waals surface area contributed by atoms with Crippen LogP contribution < -0.4 is 9.47 Å². The maximum atomic E-state index is 13.3. The number of nitrogens with zero attached hydrogens (tertiary/aromatic N) is 5. The fraction of sp³-hybridized carbons (Fsp3) is 0.591. The second-order valence-electron chi connectivity index (χ2n) is 8.22. The largest absolute Gasteiger partial charge is 0.497 e. The molecule has 4 rings (SSSR count). The highest BCUT2D eigenvalue weighted by Crippen LogP contribution is 2.30. The molecule has 2 saturated heterocycles. The number of ether oxygens (including phenoxy) is 2. The zero-order valence-electron chi connectivity index (χ0n) is 18.5. The molecule has 0 radical (unpaired) electrons. The SMILES string of the molecule is CCCC(N1CCN(C)CC1)N1C(=O)CN(/N=C2\CCOc3ccc(OC)cc32)C1=O. The maximum absolute atomic E-state index is 13.3. The first kappa shape index (κ1) is 21.6. The van der Waals surface area contributed by atoms with Crippen LogP contribution in [0.5, 0.6) is 11.5 Å². The molecule has 0 saturated carbocycles. The van der Waals surface area contributed by atoms with Gasteiger partial charge in [-0.1, -0.05) is 13.3 Å². The number of amides is 3. The molecule has 0 spiro atoms. The van der Waals surface area contributed by atoms with Gasteiger partial charge in [-0.3, -0.25) is 9.69 Å². The van der Waals surface area contributed by atoms with Crippen LogP contribution in [-0.4, -0.2) is 97.0 Å². The van der Waals surface area contributed by atoms with E-state index in [4.69, 9.17) is 9.47 Å². The Kier molecular flexibility index (Phi) is 6.43. The van der Waals surface area contributed by atoms with Gasteiger partial charge in [0.15, 0.2) is 0 Å². The molecule has 31 heavy (non-hydrogen) atoms. The Morgan fingerprint density at radius 3 is 2.68 bits per heavy atom. The van der Waals surface area contributed by atoms with Gasteiger partial charge in [-0.15, -0.1) is 0 Å². The van der Waals surface area contributed by atoms with Gasteiger partial charge in [0.05, 0.1) is 25.6 Å². The molecule has 0 aliphatic carbocycles. The quantitative estimate of drug-likeness (QED) is 0.642. The predicted molar refractivity (Wildman–Crippen MR) is 116 cm³/mol. The molecule has 0 N–H and O–H groups in total. The number of likely N-dealkylation sites (N-methyl/N-ethyl adjacent to an activating group) is 1. The van der Waals surface area contributed by atoms with Crippen LogP contribution in [0.2, 0.25) is 0 Å². The summed E-state index contributed by atoms with van der Waals surface area (Å²) >= 11 is 0. The summed E-state index contributed by atoms with van der Waals surface area (Å²) in [5.74, 6) is 1.21. The summed E-state index contributed by atoms with van der Waals surface area (Å²) in [5.41, 5.74) is 1.53. The molecule has 9 nitrogen and oxygen atoms in total. The highest BCUT2D eigenvalue weighted by molar-refractivity contribution is 6.06. The van der Waals surface area contributed by atoms with Crippen LogP contribution in [0.3, 0.4) is 0 Å². The number of hydrogen-bond acceptors (Lipinski definition) is 7. The zero-order valence-corrected chi connectivity index (χ0v) is 18.5. The van der Waals surface area contributed by atoms with Gasteiger partial charge in [-0.25, -0.2) is 14.7 Å². The Hall–Kier alpha value is -2.65. The van der Waals surface area contributed by atoms with Crippen molar-refractivity contribution in [3.63, 3.8) is 0 Å². The number of urea groups is 1. The summed E-state index contributed by atoms with van der Waals surface area (Å²) in [4.78, 5) is 32.1. The minimum atomic E-state index is -0.342. The molecule has 0 aromatic heterocycles. The van der Waals surface area contributed by atoms with E-state index in [2.05, 4.69) is 28.9 Å². The van der Waals surface area contributed by atoms with Gasteiger partial charge >= 0.3 is 6.03 Å². The third-order valence-corrected chi connectivity index (χ3v) is 6.12. The number of piperazine rings is 1. The molecular formula is C22H31N5O4. The fourth-order valence-electron chi connectivity index (χ4n) is 4.36. The lowest BCUT2D eigenvalue weighted by atomic mass is 10.0. The molecule has 2 fully saturated rings. The molecule has 3 amide bonds. The van der Waals surface area contributed by atoms with Crippen LogP contribution in [0.15, 0.2) is 23.3 Å². The lowest BCUT2D eigenvalue weighted by molar-refractivity contribution is -0.130. The van der Waals surface area contributed by atoms with E-state index in [0.717, 1.165) is 50.3 Å². The van der Waals surface area contributed by atoms with Crippen LogP contribution in [0.4, 0.5) is 4.79 Å². The number of hydrogen-bond donors (Lipinski definition) is 0. The first-order valence-electron chi connectivity index (χ1n) is 11.0. The van der Waals surface area contributed by atoms with E-state index < -0.39 is 0 Å². The van der Waals surface area contributed by atoms with E-state index in [1.165, 1.54) is 9.91 Å². The molecule has 1 aromatic carbocycles. The van der Waals surface area contributed by atoms with Gasteiger partial charge in [0, 0.05) is 38.2 Å². The van der Waals surface area contributed by atoms with Crippen LogP contribution in [0, 0.1) is 0 Å². The van der Waals surface area contributed by atoms with Crippen LogP contribution in [-0.2, 0) is 4.79 Å². The average molecular weight is 430 g/mol. The Morgan fingerprint density at radius 1 is 1.19 bits per heavy atom. The molecule has 3 heterocycles. The Morgan fingerprint density at radius 2 is 1.97 bits per heavy atom. The summed E-state index contributed by atoms with van der Waals surface area (Å²) in [6.45, 7) is 6.09. The van der Waals surface area contributed by atoms with Crippen molar-refractivity contribution in [2.75, 3.05) is 53.5 Å². The number of fused-ring (bicyclic) bond motifs is 1. The van der Waals surface area contributed by atoms with Gasteiger partial charge in [0.1, 0.15) is 18.0 Å². The number of hydrazone groups is 1. The lowest BCUT2D eigenvalue weighted by Gasteiger charge is -2.40. The minimum absolute atomic E-state index is 0.0313. The van der Waals surface area contributed by atoms with Gasteiger partial charge < -0.3 is 14.4 Å². The normalized spacial score (nSPS) is 22.6. The molecule has 1 aromatic rings. The third kappa shape index (κ3) is 4.38. The second-order valence-corrected chi connectivity index (χ2v) is 8.22. The summed E-state index contributed by atoms with van der Waals surface area (Å²) in [5, 5.41) is 5.92. The van der Waals surface area contributed by atoms with E-state index in [-0.39, 0.29) is 24.6 Å². The average Bonchev–Trinajstić information content (AvgIpc) is 3.05. The molecule has 168 valence electrons. The van der Waals surface area contributed by atoms with Crippen molar-refractivity contribution in [2.45, 2.75) is 32.4 Å². The van der Waals surface area contributed by atoms with Gasteiger partial charge in [0.25, 0.3) is 5.91 Å². The Labute approximate surface area is 183 Å². The van der Waals surface area contributed by atoms with Crippen molar-refractivity contribution in [1.82, 2.24) is 19.7 Å². The number of imide groups is 1. The molecule has 0 bridgehead atoms. The molecule has 1 unspecified atom stereocenters. The van der Waals surface area contributed by atoms with E-state index in [1.54, 1.807) is 7.11 Å². The highest BCUT2D eigenvalue weighted by atomic mass is 16.5. The smallest absolute Gasteiger partial charge is 0.349 e. The van der Waals surface area contributed by atoms with Crippen LogP contribution in [0.25, 0.3) is 0 Å². The van der Waals surface area contributed by atoms with Gasteiger partial charge in [0.2, 0.25) is 0 Å². The van der Waals surface area contributed by atoms with Crippen molar-refractivity contribution < 1.29 is 19.1 Å². The summed E-state index contributed by atoms with van der Waals surface area (Å²) in [7, 11) is 3.70. The van der Waals surface area contributed by atoms with Crippen molar-refractivity contribution in [1.29, 1.82) is 0 Å². The van der Waals surface area contributed by atoms with Gasteiger partial charge in [-0.2, -0.15) is 5.10 Å².